The molecule has 1 aliphatic heterocycles. The number of rotatable bonds is 5. The van der Waals surface area contributed by atoms with E-state index >= 15 is 0 Å². The second kappa shape index (κ2) is 6.96. The molecule has 2 aromatic carbocycles. The SMILES string of the molecule is O=C1CCC(=O)N1CCOc1ccc(-c2cccc3ccccc23)nc1. The molecular formula is C21H18N2O3. The lowest BCUT2D eigenvalue weighted by Crippen LogP contribution is -2.33. The molecule has 1 saturated heterocycles. The van der Waals surface area contributed by atoms with E-state index in [4.69, 9.17) is 4.74 Å². The lowest BCUT2D eigenvalue weighted by molar-refractivity contribution is -0.138. The summed E-state index contributed by atoms with van der Waals surface area (Å²) in [4.78, 5) is 28.9. The molecule has 0 unspecified atom stereocenters. The van der Waals surface area contributed by atoms with Crippen molar-refractivity contribution in [2.45, 2.75) is 12.8 Å². The van der Waals surface area contributed by atoms with E-state index in [-0.39, 0.29) is 25.0 Å². The van der Waals surface area contributed by atoms with Gasteiger partial charge in [0.05, 0.1) is 18.4 Å². The second-order valence-electron chi connectivity index (χ2n) is 6.19. The van der Waals surface area contributed by atoms with Gasteiger partial charge in [0, 0.05) is 18.4 Å². The number of fused-ring (bicyclic) bond motifs is 1. The van der Waals surface area contributed by atoms with Gasteiger partial charge < -0.3 is 4.74 Å². The van der Waals surface area contributed by atoms with Crippen molar-refractivity contribution in [1.29, 1.82) is 0 Å². The Morgan fingerprint density at radius 1 is 0.923 bits per heavy atom. The van der Waals surface area contributed by atoms with Gasteiger partial charge in [0.25, 0.3) is 0 Å². The average molecular weight is 346 g/mol. The maximum Gasteiger partial charge on any atom is 0.229 e. The first-order chi connectivity index (χ1) is 12.7. The summed E-state index contributed by atoms with van der Waals surface area (Å²) in [5, 5.41) is 2.33. The van der Waals surface area contributed by atoms with Gasteiger partial charge in [-0.25, -0.2) is 0 Å². The van der Waals surface area contributed by atoms with Crippen LogP contribution in [0.4, 0.5) is 0 Å². The molecule has 3 aromatic rings. The van der Waals surface area contributed by atoms with Gasteiger partial charge in [-0.1, -0.05) is 42.5 Å². The number of benzene rings is 2. The predicted octanol–water partition coefficient (Wildman–Crippen LogP) is 3.43. The summed E-state index contributed by atoms with van der Waals surface area (Å²) in [6, 6.07) is 18.1. The van der Waals surface area contributed by atoms with E-state index in [0.717, 1.165) is 16.6 Å². The number of amides is 2. The van der Waals surface area contributed by atoms with Gasteiger partial charge in [0.15, 0.2) is 0 Å². The molecule has 26 heavy (non-hydrogen) atoms. The smallest absolute Gasteiger partial charge is 0.229 e. The van der Waals surface area contributed by atoms with Crippen molar-refractivity contribution < 1.29 is 14.3 Å². The van der Waals surface area contributed by atoms with Crippen LogP contribution in [0.3, 0.4) is 0 Å². The van der Waals surface area contributed by atoms with Crippen molar-refractivity contribution in [3.8, 4) is 17.0 Å². The van der Waals surface area contributed by atoms with E-state index in [1.54, 1.807) is 6.20 Å². The van der Waals surface area contributed by atoms with E-state index < -0.39 is 0 Å². The van der Waals surface area contributed by atoms with Crippen LogP contribution in [0.1, 0.15) is 12.8 Å². The first-order valence-corrected chi connectivity index (χ1v) is 8.62. The topological polar surface area (TPSA) is 59.5 Å². The van der Waals surface area contributed by atoms with Crippen LogP contribution in [0.2, 0.25) is 0 Å². The van der Waals surface area contributed by atoms with Crippen LogP contribution >= 0.6 is 0 Å². The van der Waals surface area contributed by atoms with Crippen LogP contribution in [-0.2, 0) is 9.59 Å². The highest BCUT2D eigenvalue weighted by molar-refractivity contribution is 6.01. The van der Waals surface area contributed by atoms with Gasteiger partial charge >= 0.3 is 0 Å². The highest BCUT2D eigenvalue weighted by atomic mass is 16.5. The zero-order valence-corrected chi connectivity index (χ0v) is 14.2. The Bertz CT molecular complexity index is 945. The van der Waals surface area contributed by atoms with Crippen molar-refractivity contribution in [2.75, 3.05) is 13.2 Å². The fourth-order valence-electron chi connectivity index (χ4n) is 3.20. The van der Waals surface area contributed by atoms with Gasteiger partial charge in [0.1, 0.15) is 12.4 Å². The Morgan fingerprint density at radius 3 is 2.46 bits per heavy atom. The molecular weight excluding hydrogens is 328 g/mol. The molecule has 2 amide bonds. The molecule has 0 bridgehead atoms. The van der Waals surface area contributed by atoms with Gasteiger partial charge in [-0.05, 0) is 22.9 Å². The molecule has 0 radical (unpaired) electrons. The van der Waals surface area contributed by atoms with Gasteiger partial charge in [0.2, 0.25) is 11.8 Å². The summed E-state index contributed by atoms with van der Waals surface area (Å²) in [5.74, 6) is 0.374. The molecule has 1 fully saturated rings. The van der Waals surface area contributed by atoms with Crippen LogP contribution in [0.25, 0.3) is 22.0 Å². The molecule has 0 spiro atoms. The average Bonchev–Trinajstić information content (AvgIpc) is 3.00. The number of likely N-dealkylation sites (tertiary alicyclic amines) is 1. The maximum atomic E-state index is 11.6. The molecule has 0 atom stereocenters. The summed E-state index contributed by atoms with van der Waals surface area (Å²) in [6.45, 7) is 0.551. The van der Waals surface area contributed by atoms with Crippen LogP contribution in [-0.4, -0.2) is 34.8 Å². The Labute approximate surface area is 151 Å². The number of carbonyl (C=O) groups excluding carboxylic acids is 2. The predicted molar refractivity (Wildman–Crippen MR) is 98.6 cm³/mol. The van der Waals surface area contributed by atoms with Crippen LogP contribution in [0, 0.1) is 0 Å². The fourth-order valence-corrected chi connectivity index (χ4v) is 3.20. The summed E-state index contributed by atoms with van der Waals surface area (Å²) >= 11 is 0. The lowest BCUT2D eigenvalue weighted by atomic mass is 10.0. The third-order valence-electron chi connectivity index (χ3n) is 4.54. The standard InChI is InChI=1S/C21H18N2O3/c24-20-10-11-21(25)23(20)12-13-26-16-8-9-19(22-14-16)18-7-3-5-15-4-1-2-6-17(15)18/h1-9,14H,10-13H2. The fraction of sp³-hybridized carbons (Fsp3) is 0.190. The number of ether oxygens (including phenoxy) is 1. The highest BCUT2D eigenvalue weighted by Crippen LogP contribution is 2.28. The molecule has 4 rings (SSSR count). The zero-order valence-electron chi connectivity index (χ0n) is 14.2. The van der Waals surface area contributed by atoms with Crippen molar-refractivity contribution in [3.63, 3.8) is 0 Å². The summed E-state index contributed by atoms with van der Waals surface area (Å²) in [5.41, 5.74) is 1.95. The van der Waals surface area contributed by atoms with Gasteiger partial charge in [-0.15, -0.1) is 0 Å². The minimum absolute atomic E-state index is 0.122. The lowest BCUT2D eigenvalue weighted by Gasteiger charge is -2.14. The molecule has 1 aliphatic rings. The van der Waals surface area contributed by atoms with E-state index in [1.165, 1.54) is 10.3 Å². The molecule has 0 saturated carbocycles. The molecule has 2 heterocycles. The number of pyridine rings is 1. The number of hydrogen-bond acceptors (Lipinski definition) is 4. The van der Waals surface area contributed by atoms with Crippen molar-refractivity contribution in [2.24, 2.45) is 0 Å². The van der Waals surface area contributed by atoms with E-state index in [0.29, 0.717) is 18.6 Å². The number of imide groups is 1. The maximum absolute atomic E-state index is 11.6. The third kappa shape index (κ3) is 3.16. The number of nitrogens with zero attached hydrogens (tertiary/aromatic N) is 2. The number of hydrogen-bond donors (Lipinski definition) is 0. The molecule has 5 heteroatoms. The normalized spacial score (nSPS) is 14.2. The first kappa shape index (κ1) is 16.3. The third-order valence-corrected chi connectivity index (χ3v) is 4.54. The molecule has 1 aromatic heterocycles. The van der Waals surface area contributed by atoms with E-state index in [9.17, 15) is 9.59 Å². The van der Waals surface area contributed by atoms with Crippen molar-refractivity contribution in [3.05, 3.63) is 60.8 Å². The quantitative estimate of drug-likeness (QED) is 0.664. The minimum Gasteiger partial charge on any atom is -0.490 e. The van der Waals surface area contributed by atoms with Crippen LogP contribution in [0.15, 0.2) is 60.8 Å². The second-order valence-corrected chi connectivity index (χ2v) is 6.19. The molecule has 0 aliphatic carbocycles. The van der Waals surface area contributed by atoms with E-state index in [1.807, 2.05) is 30.3 Å². The molecule has 5 nitrogen and oxygen atoms in total. The zero-order chi connectivity index (χ0) is 17.9. The van der Waals surface area contributed by atoms with Crippen LogP contribution < -0.4 is 4.74 Å². The summed E-state index contributed by atoms with van der Waals surface area (Å²) in [7, 11) is 0. The van der Waals surface area contributed by atoms with E-state index in [2.05, 4.69) is 29.2 Å². The van der Waals surface area contributed by atoms with Crippen molar-refractivity contribution in [1.82, 2.24) is 9.88 Å². The van der Waals surface area contributed by atoms with Gasteiger partial charge in [-0.2, -0.15) is 0 Å². The van der Waals surface area contributed by atoms with Crippen LogP contribution in [0.5, 0.6) is 5.75 Å². The summed E-state index contributed by atoms with van der Waals surface area (Å²) in [6.07, 6.45) is 2.28. The molecule has 0 N–H and O–H groups in total. The monoisotopic (exact) mass is 346 g/mol. The Kier molecular flexibility index (Phi) is 4.35. The van der Waals surface area contributed by atoms with Gasteiger partial charge in [-0.3, -0.25) is 19.5 Å². The Morgan fingerprint density at radius 2 is 1.69 bits per heavy atom. The highest BCUT2D eigenvalue weighted by Gasteiger charge is 2.28. The minimum atomic E-state index is -0.122. The Hall–Kier alpha value is -3.21. The number of aromatic nitrogens is 1. The Balaban J connectivity index is 1.45. The van der Waals surface area contributed by atoms with Crippen molar-refractivity contribution >= 4 is 22.6 Å². The largest absolute Gasteiger partial charge is 0.490 e. The number of carbonyl (C=O) groups is 2. The summed E-state index contributed by atoms with van der Waals surface area (Å²) < 4.78 is 5.63. The molecule has 130 valence electrons. The first-order valence-electron chi connectivity index (χ1n) is 8.62.